The van der Waals surface area contributed by atoms with Crippen molar-refractivity contribution >= 4 is 77.3 Å². The van der Waals surface area contributed by atoms with Gasteiger partial charge >= 0.3 is 0 Å². The molecule has 4 atom stereocenters. The summed E-state index contributed by atoms with van der Waals surface area (Å²) in [4.78, 5) is 1.89. The molecule has 0 spiro atoms. The first-order valence-corrected chi connectivity index (χ1v) is 31.3. The van der Waals surface area contributed by atoms with E-state index in [1.165, 1.54) is 88.8 Å². The molecule has 71 heavy (non-hydrogen) atoms. The minimum Gasteiger partial charge on any atom is -0.487 e. The second kappa shape index (κ2) is 30.3. The van der Waals surface area contributed by atoms with Crippen molar-refractivity contribution < 1.29 is 37.9 Å². The van der Waals surface area contributed by atoms with Crippen LogP contribution in [-0.4, -0.2) is 88.0 Å². The third-order valence-electron chi connectivity index (χ3n) is 14.8. The minimum absolute atomic E-state index is 0.407. The standard InChI is InChI=1S/C56H86Br2N2O8S3/c1-9-17-21-39(13-5)27-61-31-55(32-62-28-40(14-6)22-18-10-2)35-65-47-49(67-37-55)53(57)69-51(47)43-25-26-44(46-45(43)59-71-60-46)52-48-50(54(58)70-52)68-38-56(36-66-48,33-63-29-41(15-7)23-19-11-3)34-64-30-42(16-8)24-20-12-4/h25-26,39-42H,9-24,27-38H2,1-8H3. The van der Waals surface area contributed by atoms with Crippen molar-refractivity contribution in [1.82, 2.24) is 8.75 Å². The maximum absolute atomic E-state index is 6.94. The van der Waals surface area contributed by atoms with Crippen molar-refractivity contribution in [2.75, 3.05) is 79.3 Å². The Morgan fingerprint density at radius 1 is 0.479 bits per heavy atom. The fourth-order valence-electron chi connectivity index (χ4n) is 9.61. The second-order valence-corrected chi connectivity index (χ2v) is 25.9. The first-order chi connectivity index (χ1) is 34.6. The lowest BCUT2D eigenvalue weighted by Gasteiger charge is -2.32. The Morgan fingerprint density at radius 2 is 0.775 bits per heavy atom. The summed E-state index contributed by atoms with van der Waals surface area (Å²) >= 11 is 12.2. The van der Waals surface area contributed by atoms with Crippen LogP contribution in [0.15, 0.2) is 19.7 Å². The van der Waals surface area contributed by atoms with E-state index in [-0.39, 0.29) is 0 Å². The third-order valence-corrected chi connectivity index (χ3v) is 18.9. The molecule has 4 unspecified atom stereocenters. The van der Waals surface area contributed by atoms with Crippen LogP contribution < -0.4 is 18.9 Å². The lowest BCUT2D eigenvalue weighted by molar-refractivity contribution is -0.0716. The highest BCUT2D eigenvalue weighted by Crippen LogP contribution is 2.57. The van der Waals surface area contributed by atoms with Crippen molar-refractivity contribution in [3.8, 4) is 43.9 Å². The fraction of sp³-hybridized carbons (Fsp3) is 0.750. The minimum atomic E-state index is -0.484. The number of hydrogen-bond donors (Lipinski definition) is 0. The highest BCUT2D eigenvalue weighted by Gasteiger charge is 2.41. The Bertz CT molecular complexity index is 1970. The number of hydrogen-bond acceptors (Lipinski definition) is 13. The number of halogens is 2. The molecule has 0 fully saturated rings. The molecule has 0 radical (unpaired) electrons. The van der Waals surface area contributed by atoms with Crippen molar-refractivity contribution in [3.05, 3.63) is 19.7 Å². The zero-order chi connectivity index (χ0) is 50.6. The lowest BCUT2D eigenvalue weighted by atomic mass is 9.91. The second-order valence-electron chi connectivity index (χ2n) is 20.7. The summed E-state index contributed by atoms with van der Waals surface area (Å²) in [6.45, 7) is 24.7. The van der Waals surface area contributed by atoms with Gasteiger partial charge in [0, 0.05) is 37.6 Å². The average molecular weight is 1170 g/mol. The zero-order valence-corrected chi connectivity index (χ0v) is 50.0. The maximum Gasteiger partial charge on any atom is 0.187 e. The Kier molecular flexibility index (Phi) is 25.0. The van der Waals surface area contributed by atoms with E-state index in [1.807, 2.05) is 0 Å². The highest BCUT2D eigenvalue weighted by molar-refractivity contribution is 9.11. The molecular weight excluding hydrogens is 1080 g/mol. The van der Waals surface area contributed by atoms with Gasteiger partial charge in [0.25, 0.3) is 0 Å². The van der Waals surface area contributed by atoms with E-state index in [0.29, 0.717) is 99.5 Å². The predicted octanol–water partition coefficient (Wildman–Crippen LogP) is 17.1. The van der Waals surface area contributed by atoms with Crippen LogP contribution in [0.4, 0.5) is 0 Å². The Labute approximate surface area is 456 Å². The van der Waals surface area contributed by atoms with Crippen LogP contribution in [0, 0.1) is 34.5 Å². The fourth-order valence-corrected chi connectivity index (χ4v) is 13.6. The number of nitrogens with zero attached hydrogens (tertiary/aromatic N) is 2. The van der Waals surface area contributed by atoms with Crippen LogP contribution >= 0.6 is 66.3 Å². The van der Waals surface area contributed by atoms with Crippen molar-refractivity contribution in [3.63, 3.8) is 0 Å². The third kappa shape index (κ3) is 16.0. The molecule has 0 saturated heterocycles. The van der Waals surface area contributed by atoms with Gasteiger partial charge in [0.1, 0.15) is 45.0 Å². The smallest absolute Gasteiger partial charge is 0.187 e. The maximum atomic E-state index is 6.94. The summed E-state index contributed by atoms with van der Waals surface area (Å²) in [7, 11) is 0. The summed E-state index contributed by atoms with van der Waals surface area (Å²) in [5.41, 5.74) is 2.52. The van der Waals surface area contributed by atoms with E-state index < -0.39 is 10.8 Å². The molecule has 15 heteroatoms. The van der Waals surface area contributed by atoms with Gasteiger partial charge in [0.2, 0.25) is 0 Å². The lowest BCUT2D eigenvalue weighted by Crippen LogP contribution is -2.43. The van der Waals surface area contributed by atoms with Gasteiger partial charge in [-0.1, -0.05) is 145 Å². The molecule has 2 aliphatic heterocycles. The van der Waals surface area contributed by atoms with Gasteiger partial charge in [-0.25, -0.2) is 0 Å². The predicted molar refractivity (Wildman–Crippen MR) is 303 cm³/mol. The van der Waals surface area contributed by atoms with Gasteiger partial charge in [-0.2, -0.15) is 8.75 Å². The number of fused-ring (bicyclic) bond motifs is 3. The summed E-state index contributed by atoms with van der Waals surface area (Å²) in [6, 6.07) is 4.28. The molecular formula is C56H86Br2N2O8S3. The SMILES string of the molecule is CCCCC(CC)COCC1(COCC(CC)CCCC)COc2c(Br)sc(-c3ccc(-c4sc(Br)c5c4OCC(COCC(CC)CCCC)(COCC(CC)CCCC)CO5)c4nsnc34)c2OC1. The summed E-state index contributed by atoms with van der Waals surface area (Å²) in [5, 5.41) is 0. The molecule has 5 heterocycles. The summed E-state index contributed by atoms with van der Waals surface area (Å²) in [6.07, 6.45) is 18.8. The highest BCUT2D eigenvalue weighted by atomic mass is 79.9. The van der Waals surface area contributed by atoms with E-state index >= 15 is 0 Å². The first-order valence-electron chi connectivity index (χ1n) is 27.3. The average Bonchev–Trinajstić information content (AvgIpc) is 4.00. The molecule has 3 aromatic heterocycles. The summed E-state index contributed by atoms with van der Waals surface area (Å²) < 4.78 is 65.5. The molecule has 0 bridgehead atoms. The molecule has 0 aliphatic carbocycles. The number of unbranched alkanes of at least 4 members (excludes halogenated alkanes) is 4. The van der Waals surface area contributed by atoms with E-state index in [0.717, 1.165) is 91.6 Å². The topological polar surface area (TPSA) is 99.6 Å². The van der Waals surface area contributed by atoms with E-state index in [1.54, 1.807) is 22.7 Å². The largest absolute Gasteiger partial charge is 0.487 e. The normalized spacial score (nSPS) is 19.7. The van der Waals surface area contributed by atoms with Crippen molar-refractivity contribution in [2.24, 2.45) is 34.5 Å². The van der Waals surface area contributed by atoms with E-state index in [2.05, 4.69) is 99.4 Å². The molecule has 4 aromatic rings. The molecule has 6 rings (SSSR count). The van der Waals surface area contributed by atoms with Crippen LogP contribution in [0.5, 0.6) is 23.0 Å². The number of thiophene rings is 2. The van der Waals surface area contributed by atoms with Gasteiger partial charge in [-0.15, -0.1) is 22.7 Å². The van der Waals surface area contributed by atoms with Crippen molar-refractivity contribution in [1.29, 1.82) is 0 Å². The number of rotatable bonds is 34. The Hall–Kier alpha value is -1.56. The Balaban J connectivity index is 1.24. The number of benzene rings is 1. The van der Waals surface area contributed by atoms with Gasteiger partial charge in [0.05, 0.1) is 58.7 Å². The van der Waals surface area contributed by atoms with E-state index in [4.69, 9.17) is 46.6 Å². The van der Waals surface area contributed by atoms with Gasteiger partial charge in [0.15, 0.2) is 23.0 Å². The summed E-state index contributed by atoms with van der Waals surface area (Å²) in [5.74, 6) is 4.99. The van der Waals surface area contributed by atoms with E-state index in [9.17, 15) is 0 Å². The Morgan fingerprint density at radius 3 is 1.06 bits per heavy atom. The zero-order valence-electron chi connectivity index (χ0n) is 44.4. The van der Waals surface area contributed by atoms with Crippen molar-refractivity contribution in [2.45, 2.75) is 158 Å². The van der Waals surface area contributed by atoms with Crippen LogP contribution in [0.25, 0.3) is 31.9 Å². The van der Waals surface area contributed by atoms with Crippen LogP contribution in [0.1, 0.15) is 158 Å². The quantitative estimate of drug-likeness (QED) is 0.0450. The van der Waals surface area contributed by atoms with Crippen LogP contribution in [0.2, 0.25) is 0 Å². The monoisotopic (exact) mass is 1170 g/mol. The number of aromatic nitrogens is 2. The van der Waals surface area contributed by atoms with Gasteiger partial charge in [-0.05, 0) is 81.2 Å². The molecule has 10 nitrogen and oxygen atoms in total. The molecule has 400 valence electrons. The molecule has 0 saturated carbocycles. The molecule has 0 amide bonds. The van der Waals surface area contributed by atoms with Gasteiger partial charge in [-0.3, -0.25) is 0 Å². The first kappa shape index (κ1) is 58.7. The molecule has 2 aliphatic rings. The van der Waals surface area contributed by atoms with Crippen LogP contribution in [0.3, 0.4) is 0 Å². The van der Waals surface area contributed by atoms with Gasteiger partial charge < -0.3 is 37.9 Å². The number of ether oxygens (including phenoxy) is 8. The molecule has 1 aromatic carbocycles. The van der Waals surface area contributed by atoms with Crippen LogP contribution in [-0.2, 0) is 18.9 Å². The molecule has 0 N–H and O–H groups in total.